The quantitative estimate of drug-likeness (QED) is 0.547. The van der Waals surface area contributed by atoms with Crippen LogP contribution in [0.1, 0.15) is 12.6 Å². The molecule has 0 fully saturated rings. The number of H-pyrrole nitrogens is 1. The Bertz CT molecular complexity index is 1090. The van der Waals surface area contributed by atoms with E-state index in [0.29, 0.717) is 11.4 Å². The summed E-state index contributed by atoms with van der Waals surface area (Å²) < 4.78 is 3.38. The van der Waals surface area contributed by atoms with Crippen LogP contribution in [-0.4, -0.2) is 29.1 Å². The lowest BCUT2D eigenvalue weighted by atomic mass is 10.3. The van der Waals surface area contributed by atoms with Crippen LogP contribution >= 0.6 is 11.8 Å². The average molecular weight is 341 g/mol. The van der Waals surface area contributed by atoms with Crippen molar-refractivity contribution < 1.29 is 0 Å². The fourth-order valence-electron chi connectivity index (χ4n) is 2.63. The molecular formula is C15H15N7OS. The number of aromatic amines is 1. The van der Waals surface area contributed by atoms with E-state index in [1.807, 2.05) is 18.2 Å². The van der Waals surface area contributed by atoms with Gasteiger partial charge in [-0.3, -0.25) is 9.89 Å². The van der Waals surface area contributed by atoms with Gasteiger partial charge in [-0.25, -0.2) is 9.97 Å². The lowest BCUT2D eigenvalue weighted by Crippen LogP contribution is -2.15. The molecule has 0 radical (unpaired) electrons. The largest absolute Gasteiger partial charge is 0.368 e. The molecule has 122 valence electrons. The molecule has 0 amide bonds. The second kappa shape index (κ2) is 5.68. The van der Waals surface area contributed by atoms with Gasteiger partial charge < -0.3 is 10.3 Å². The van der Waals surface area contributed by atoms with Gasteiger partial charge in [-0.15, -0.1) is 0 Å². The van der Waals surface area contributed by atoms with E-state index in [2.05, 4.69) is 37.6 Å². The minimum Gasteiger partial charge on any atom is -0.368 e. The number of thioether (sulfide) groups is 1. The van der Waals surface area contributed by atoms with Crippen LogP contribution in [0.2, 0.25) is 0 Å². The van der Waals surface area contributed by atoms with Gasteiger partial charge in [0.2, 0.25) is 5.95 Å². The maximum absolute atomic E-state index is 12.1. The van der Waals surface area contributed by atoms with E-state index >= 15 is 0 Å². The fraction of sp³-hybridized carbons (Fsp3) is 0.200. The van der Waals surface area contributed by atoms with Crippen molar-refractivity contribution >= 4 is 34.5 Å². The third kappa shape index (κ3) is 2.42. The van der Waals surface area contributed by atoms with Crippen LogP contribution in [0.15, 0.2) is 40.3 Å². The number of hydrogen-bond acceptors (Lipinski definition) is 6. The Balaban J connectivity index is 1.66. The number of nitrogen functional groups attached to an aromatic ring is 1. The van der Waals surface area contributed by atoms with Gasteiger partial charge in [-0.05, 0) is 19.1 Å². The van der Waals surface area contributed by atoms with E-state index in [1.165, 1.54) is 10.6 Å². The third-order valence-corrected chi connectivity index (χ3v) is 4.70. The fourth-order valence-corrected chi connectivity index (χ4v) is 3.60. The Morgan fingerprint density at radius 3 is 2.92 bits per heavy atom. The maximum atomic E-state index is 12.1. The van der Waals surface area contributed by atoms with Gasteiger partial charge in [-0.1, -0.05) is 23.9 Å². The lowest BCUT2D eigenvalue weighted by Gasteiger charge is -2.05. The second-order valence-electron chi connectivity index (χ2n) is 5.25. The highest BCUT2D eigenvalue weighted by molar-refractivity contribution is 7.98. The van der Waals surface area contributed by atoms with Crippen molar-refractivity contribution in [2.24, 2.45) is 0 Å². The van der Waals surface area contributed by atoms with Crippen LogP contribution in [0.3, 0.4) is 0 Å². The number of imidazole rings is 1. The Kier molecular flexibility index (Phi) is 3.49. The van der Waals surface area contributed by atoms with E-state index in [9.17, 15) is 4.79 Å². The van der Waals surface area contributed by atoms with Gasteiger partial charge in [0.15, 0.2) is 5.16 Å². The molecule has 3 heterocycles. The van der Waals surface area contributed by atoms with Gasteiger partial charge >= 0.3 is 0 Å². The lowest BCUT2D eigenvalue weighted by molar-refractivity contribution is 0.702. The van der Waals surface area contributed by atoms with Crippen LogP contribution in [0.5, 0.6) is 0 Å². The minimum atomic E-state index is -0.233. The SMILES string of the molecule is CCn1c(SCc2cc(=O)n3[nH]c(N)nc3n2)nc2ccccc21. The van der Waals surface area contributed by atoms with Gasteiger partial charge in [0.1, 0.15) is 0 Å². The van der Waals surface area contributed by atoms with Crippen molar-refractivity contribution in [3.63, 3.8) is 0 Å². The highest BCUT2D eigenvalue weighted by atomic mass is 32.2. The molecule has 0 aliphatic heterocycles. The molecule has 0 bridgehead atoms. The van der Waals surface area contributed by atoms with E-state index in [4.69, 9.17) is 5.73 Å². The molecule has 0 saturated carbocycles. The summed E-state index contributed by atoms with van der Waals surface area (Å²) in [5.74, 6) is 0.971. The molecule has 0 aliphatic rings. The zero-order valence-corrected chi connectivity index (χ0v) is 13.7. The number of fused-ring (bicyclic) bond motifs is 2. The number of rotatable bonds is 4. The Morgan fingerprint density at radius 1 is 1.25 bits per heavy atom. The summed E-state index contributed by atoms with van der Waals surface area (Å²) in [5.41, 5.74) is 8.05. The number of nitrogens with zero attached hydrogens (tertiary/aromatic N) is 5. The summed E-state index contributed by atoms with van der Waals surface area (Å²) in [5, 5.41) is 3.55. The van der Waals surface area contributed by atoms with Crippen molar-refractivity contribution in [2.45, 2.75) is 24.4 Å². The van der Waals surface area contributed by atoms with Crippen molar-refractivity contribution in [1.29, 1.82) is 0 Å². The minimum absolute atomic E-state index is 0.164. The molecule has 24 heavy (non-hydrogen) atoms. The molecule has 4 rings (SSSR count). The number of benzene rings is 1. The topological polar surface area (TPSA) is 107 Å². The first kappa shape index (κ1) is 14.8. The van der Waals surface area contributed by atoms with Crippen LogP contribution in [0, 0.1) is 0 Å². The van der Waals surface area contributed by atoms with E-state index in [-0.39, 0.29) is 17.3 Å². The monoisotopic (exact) mass is 341 g/mol. The summed E-state index contributed by atoms with van der Waals surface area (Å²) in [6, 6.07) is 9.51. The number of anilines is 1. The molecule has 0 saturated heterocycles. The summed E-state index contributed by atoms with van der Waals surface area (Å²) in [6.07, 6.45) is 0. The molecule has 0 atom stereocenters. The third-order valence-electron chi connectivity index (χ3n) is 3.69. The molecule has 0 spiro atoms. The van der Waals surface area contributed by atoms with E-state index < -0.39 is 0 Å². The van der Waals surface area contributed by atoms with Crippen molar-refractivity contribution in [2.75, 3.05) is 5.73 Å². The molecule has 4 aromatic rings. The summed E-state index contributed by atoms with van der Waals surface area (Å²) >= 11 is 1.55. The number of para-hydroxylation sites is 2. The first-order chi connectivity index (χ1) is 11.7. The zero-order valence-electron chi connectivity index (χ0n) is 12.9. The number of hydrogen-bond donors (Lipinski definition) is 2. The number of nitrogens with one attached hydrogen (secondary N) is 1. The smallest absolute Gasteiger partial charge is 0.274 e. The Labute approximate surface area is 140 Å². The zero-order chi connectivity index (χ0) is 16.7. The molecule has 0 unspecified atom stereocenters. The second-order valence-corrected chi connectivity index (χ2v) is 6.19. The van der Waals surface area contributed by atoms with Crippen LogP contribution in [-0.2, 0) is 12.3 Å². The van der Waals surface area contributed by atoms with Gasteiger partial charge in [0, 0.05) is 18.4 Å². The van der Waals surface area contributed by atoms with Gasteiger partial charge in [0.25, 0.3) is 11.3 Å². The van der Waals surface area contributed by atoms with Crippen LogP contribution in [0.25, 0.3) is 16.8 Å². The van der Waals surface area contributed by atoms with Crippen LogP contribution < -0.4 is 11.3 Å². The summed E-state index contributed by atoms with van der Waals surface area (Å²) in [6.45, 7) is 2.91. The summed E-state index contributed by atoms with van der Waals surface area (Å²) in [7, 11) is 0. The molecule has 9 heteroatoms. The molecular weight excluding hydrogens is 326 g/mol. The average Bonchev–Trinajstić information content (AvgIpc) is 3.12. The Morgan fingerprint density at radius 2 is 2.08 bits per heavy atom. The number of aryl methyl sites for hydroxylation is 1. The molecule has 8 nitrogen and oxygen atoms in total. The van der Waals surface area contributed by atoms with Gasteiger partial charge in [-0.2, -0.15) is 9.50 Å². The maximum Gasteiger partial charge on any atom is 0.274 e. The molecule has 0 aliphatic carbocycles. The molecule has 3 aromatic heterocycles. The first-order valence-electron chi connectivity index (χ1n) is 7.48. The first-order valence-corrected chi connectivity index (χ1v) is 8.46. The van der Waals surface area contributed by atoms with Crippen LogP contribution in [0.4, 0.5) is 5.95 Å². The normalized spacial score (nSPS) is 11.5. The van der Waals surface area contributed by atoms with Crippen molar-refractivity contribution in [1.82, 2.24) is 29.1 Å². The number of nitrogens with two attached hydrogens (primary N) is 1. The predicted molar refractivity (Wildman–Crippen MR) is 93.0 cm³/mol. The number of aromatic nitrogens is 6. The predicted octanol–water partition coefficient (Wildman–Crippen LogP) is 1.66. The summed E-state index contributed by atoms with van der Waals surface area (Å²) in [4.78, 5) is 25.1. The van der Waals surface area contributed by atoms with Crippen molar-refractivity contribution in [3.8, 4) is 0 Å². The van der Waals surface area contributed by atoms with Crippen molar-refractivity contribution in [3.05, 3.63) is 46.4 Å². The van der Waals surface area contributed by atoms with Gasteiger partial charge in [0.05, 0.1) is 16.7 Å². The molecule has 3 N–H and O–H groups in total. The highest BCUT2D eigenvalue weighted by Gasteiger charge is 2.12. The highest BCUT2D eigenvalue weighted by Crippen LogP contribution is 2.26. The standard InChI is InChI=1S/C15H15N7OS/c1-2-21-11-6-4-3-5-10(11)18-15(21)24-8-9-7-12(23)22-14(17-9)19-13(16)20-22/h3-7H,2,8H2,1H3,(H3,16,17,19,20). The van der Waals surface area contributed by atoms with E-state index in [0.717, 1.165) is 22.7 Å². The van der Waals surface area contributed by atoms with E-state index in [1.54, 1.807) is 11.8 Å². The molecule has 1 aromatic carbocycles. The Hall–Kier alpha value is -2.81.